The van der Waals surface area contributed by atoms with Gasteiger partial charge in [-0.25, -0.2) is 8.78 Å². The maximum Gasteiger partial charge on any atom is 0.573 e. The average molecular weight is 539 g/mol. The van der Waals surface area contributed by atoms with Crippen molar-refractivity contribution in [2.24, 2.45) is 17.8 Å². The van der Waals surface area contributed by atoms with Gasteiger partial charge in [-0.15, -0.1) is 13.2 Å². The van der Waals surface area contributed by atoms with Gasteiger partial charge in [-0.3, -0.25) is 0 Å². The molecule has 38 heavy (non-hydrogen) atoms. The van der Waals surface area contributed by atoms with Gasteiger partial charge < -0.3 is 9.47 Å². The van der Waals surface area contributed by atoms with Crippen molar-refractivity contribution < 1.29 is 31.4 Å². The molecule has 0 atom stereocenters. The van der Waals surface area contributed by atoms with Gasteiger partial charge in [-0.05, 0) is 98.9 Å². The van der Waals surface area contributed by atoms with Crippen molar-refractivity contribution in [2.45, 2.75) is 103 Å². The van der Waals surface area contributed by atoms with E-state index >= 15 is 0 Å². The maximum atomic E-state index is 14.8. The number of benzene rings is 2. The zero-order valence-corrected chi connectivity index (χ0v) is 22.4. The fourth-order valence-corrected chi connectivity index (χ4v) is 6.59. The quantitative estimate of drug-likeness (QED) is 0.296. The minimum atomic E-state index is -4.79. The van der Waals surface area contributed by atoms with Gasteiger partial charge in [-0.2, -0.15) is 0 Å². The predicted molar refractivity (Wildman–Crippen MR) is 139 cm³/mol. The molecule has 0 N–H and O–H groups in total. The second-order valence-electron chi connectivity index (χ2n) is 11.1. The first-order chi connectivity index (χ1) is 18.2. The Hall–Kier alpha value is -2.31. The molecule has 2 aromatic carbocycles. The van der Waals surface area contributed by atoms with E-state index in [0.29, 0.717) is 11.5 Å². The lowest BCUT2D eigenvalue weighted by Crippen LogP contribution is -2.25. The van der Waals surface area contributed by atoms with Crippen LogP contribution >= 0.6 is 0 Å². The van der Waals surface area contributed by atoms with E-state index in [4.69, 9.17) is 4.74 Å². The van der Waals surface area contributed by atoms with Crippen molar-refractivity contribution in [3.8, 4) is 17.2 Å². The van der Waals surface area contributed by atoms with Crippen molar-refractivity contribution in [3.63, 3.8) is 0 Å². The van der Waals surface area contributed by atoms with Crippen LogP contribution in [0.2, 0.25) is 0 Å². The largest absolute Gasteiger partial charge is 0.573 e. The topological polar surface area (TPSA) is 18.5 Å². The summed E-state index contributed by atoms with van der Waals surface area (Å²) in [6.45, 7) is 3.99. The molecular formula is C31H39F5O2. The molecule has 2 aliphatic rings. The zero-order valence-electron chi connectivity index (χ0n) is 22.4. The molecule has 0 heterocycles. The summed E-state index contributed by atoms with van der Waals surface area (Å²) in [5.74, 6) is 0.719. The minimum Gasteiger partial charge on any atom is -0.457 e. The molecule has 7 heteroatoms. The van der Waals surface area contributed by atoms with E-state index in [2.05, 4.69) is 11.7 Å². The van der Waals surface area contributed by atoms with Crippen LogP contribution in [0.1, 0.15) is 102 Å². The van der Waals surface area contributed by atoms with Gasteiger partial charge in [0.05, 0.1) is 0 Å². The Kier molecular flexibility index (Phi) is 9.59. The van der Waals surface area contributed by atoms with Crippen LogP contribution < -0.4 is 9.47 Å². The maximum absolute atomic E-state index is 14.8. The molecule has 2 fully saturated rings. The summed E-state index contributed by atoms with van der Waals surface area (Å²) in [5.41, 5.74) is 0.807. The lowest BCUT2D eigenvalue weighted by molar-refractivity contribution is -0.274. The van der Waals surface area contributed by atoms with Crippen LogP contribution in [0.25, 0.3) is 0 Å². The van der Waals surface area contributed by atoms with Crippen molar-refractivity contribution in [2.75, 3.05) is 0 Å². The van der Waals surface area contributed by atoms with E-state index in [9.17, 15) is 22.0 Å². The average Bonchev–Trinajstić information content (AvgIpc) is 2.90. The highest BCUT2D eigenvalue weighted by Gasteiger charge is 2.34. The number of unbranched alkanes of at least 4 members (excludes halogenated alkanes) is 1. The fraction of sp³-hybridized carbons (Fsp3) is 0.613. The van der Waals surface area contributed by atoms with Crippen LogP contribution in [-0.4, -0.2) is 6.36 Å². The van der Waals surface area contributed by atoms with Crippen molar-refractivity contribution in [1.29, 1.82) is 0 Å². The standard InChI is InChI=1S/C31H39F5O2/c1-3-5-6-20-7-9-21(10-8-20)22-11-13-23(14-12-22)27-19-28(32)29(33)26(4-2)30(27)37-24-15-17-25(18-16-24)38-31(34,35)36/h15-23H,3-14H2,1-2H3. The Balaban J connectivity index is 1.46. The first-order valence-electron chi connectivity index (χ1n) is 14.2. The number of hydrogen-bond acceptors (Lipinski definition) is 2. The summed E-state index contributed by atoms with van der Waals surface area (Å²) in [6.07, 6.45) is 8.57. The summed E-state index contributed by atoms with van der Waals surface area (Å²) in [5, 5.41) is 0. The summed E-state index contributed by atoms with van der Waals surface area (Å²) < 4.78 is 76.9. The highest BCUT2D eigenvalue weighted by Crippen LogP contribution is 2.48. The van der Waals surface area contributed by atoms with E-state index in [0.717, 1.165) is 49.7 Å². The summed E-state index contributed by atoms with van der Waals surface area (Å²) in [4.78, 5) is 0. The van der Waals surface area contributed by atoms with E-state index < -0.39 is 18.0 Å². The second-order valence-corrected chi connectivity index (χ2v) is 11.1. The van der Waals surface area contributed by atoms with E-state index in [1.807, 2.05) is 0 Å². The number of rotatable bonds is 9. The van der Waals surface area contributed by atoms with Gasteiger partial charge in [-0.1, -0.05) is 46.0 Å². The molecule has 0 spiro atoms. The van der Waals surface area contributed by atoms with Crippen LogP contribution in [-0.2, 0) is 6.42 Å². The lowest BCUT2D eigenvalue weighted by atomic mass is 9.67. The summed E-state index contributed by atoms with van der Waals surface area (Å²) in [6, 6.07) is 6.25. The highest BCUT2D eigenvalue weighted by atomic mass is 19.4. The van der Waals surface area contributed by atoms with Crippen molar-refractivity contribution in [1.82, 2.24) is 0 Å². The third-order valence-corrected chi connectivity index (χ3v) is 8.66. The first-order valence-corrected chi connectivity index (χ1v) is 14.2. The fourth-order valence-electron chi connectivity index (χ4n) is 6.59. The Morgan fingerprint density at radius 3 is 1.95 bits per heavy atom. The SMILES string of the molecule is CCCCC1CCC(C2CCC(c3cc(F)c(F)c(CC)c3Oc3ccc(OC(F)(F)F)cc3)CC2)CC1. The molecule has 2 saturated carbocycles. The molecule has 0 amide bonds. The zero-order chi connectivity index (χ0) is 27.3. The molecule has 0 aliphatic heterocycles. The molecule has 2 nitrogen and oxygen atoms in total. The first kappa shape index (κ1) is 28.7. The molecule has 2 aliphatic carbocycles. The van der Waals surface area contributed by atoms with Gasteiger partial charge in [0.2, 0.25) is 0 Å². The molecule has 0 bridgehead atoms. The number of ether oxygens (including phenoxy) is 2. The molecule has 4 rings (SSSR count). The Bertz CT molecular complexity index is 1030. The number of hydrogen-bond donors (Lipinski definition) is 0. The van der Waals surface area contributed by atoms with Crippen LogP contribution in [0.4, 0.5) is 22.0 Å². The van der Waals surface area contributed by atoms with Crippen LogP contribution in [0.3, 0.4) is 0 Å². The summed E-state index contributed by atoms with van der Waals surface area (Å²) >= 11 is 0. The Morgan fingerprint density at radius 1 is 0.816 bits per heavy atom. The van der Waals surface area contributed by atoms with Crippen LogP contribution in [0, 0.1) is 29.4 Å². The summed E-state index contributed by atoms with van der Waals surface area (Å²) in [7, 11) is 0. The minimum absolute atomic E-state index is 0.0513. The molecule has 0 saturated heterocycles. The Labute approximate surface area is 222 Å². The van der Waals surface area contributed by atoms with Gasteiger partial charge >= 0.3 is 6.36 Å². The van der Waals surface area contributed by atoms with Crippen molar-refractivity contribution in [3.05, 3.63) is 53.1 Å². The third-order valence-electron chi connectivity index (χ3n) is 8.66. The number of halogens is 5. The van der Waals surface area contributed by atoms with E-state index in [1.54, 1.807) is 6.92 Å². The van der Waals surface area contributed by atoms with Crippen LogP contribution in [0.15, 0.2) is 30.3 Å². The molecule has 0 aromatic heterocycles. The second kappa shape index (κ2) is 12.7. The molecule has 210 valence electrons. The van der Waals surface area contributed by atoms with Crippen molar-refractivity contribution >= 4 is 0 Å². The van der Waals surface area contributed by atoms with Gasteiger partial charge in [0.25, 0.3) is 0 Å². The predicted octanol–water partition coefficient (Wildman–Crippen LogP) is 10.5. The van der Waals surface area contributed by atoms with Gasteiger partial charge in [0, 0.05) is 11.1 Å². The molecular weight excluding hydrogens is 499 g/mol. The third kappa shape index (κ3) is 7.20. The molecule has 0 radical (unpaired) electrons. The van der Waals surface area contributed by atoms with Crippen LogP contribution in [0.5, 0.6) is 17.2 Å². The number of alkyl halides is 3. The van der Waals surface area contributed by atoms with E-state index in [-0.39, 0.29) is 35.2 Å². The Morgan fingerprint density at radius 2 is 1.39 bits per heavy atom. The monoisotopic (exact) mass is 538 g/mol. The lowest BCUT2D eigenvalue weighted by Gasteiger charge is -2.38. The molecule has 0 unspecified atom stereocenters. The van der Waals surface area contributed by atoms with E-state index in [1.165, 1.54) is 63.1 Å². The molecule has 2 aromatic rings. The smallest absolute Gasteiger partial charge is 0.457 e. The van der Waals surface area contributed by atoms with Gasteiger partial charge in [0.15, 0.2) is 11.6 Å². The van der Waals surface area contributed by atoms with Gasteiger partial charge in [0.1, 0.15) is 17.2 Å². The normalized spacial score (nSPS) is 24.3. The highest BCUT2D eigenvalue weighted by molar-refractivity contribution is 5.48.